The summed E-state index contributed by atoms with van der Waals surface area (Å²) in [6.45, 7) is 2.78. The molecule has 4 amide bonds. The van der Waals surface area contributed by atoms with Crippen LogP contribution in [0.25, 0.3) is 0 Å². The molecule has 216 valence electrons. The van der Waals surface area contributed by atoms with Gasteiger partial charge in [0.2, 0.25) is 23.6 Å². The Morgan fingerprint density at radius 3 is 1.95 bits per heavy atom. The van der Waals surface area contributed by atoms with Crippen LogP contribution < -0.4 is 27.0 Å². The maximum absolute atomic E-state index is 13.0. The number of carbonyl (C=O) groups excluding carboxylic acids is 4. The first-order chi connectivity index (χ1) is 18.9. The average molecular weight is 556 g/mol. The third kappa shape index (κ3) is 11.5. The molecule has 1 unspecified atom stereocenters. The van der Waals surface area contributed by atoms with Crippen LogP contribution in [0.5, 0.6) is 5.75 Å². The third-order valence-electron chi connectivity index (χ3n) is 5.85. The van der Waals surface area contributed by atoms with Crippen LogP contribution in [0.15, 0.2) is 54.6 Å². The zero-order valence-electron chi connectivity index (χ0n) is 22.6. The number of hydrogen-bond acceptors (Lipinski definition) is 7. The van der Waals surface area contributed by atoms with E-state index in [1.165, 1.54) is 12.1 Å². The highest BCUT2D eigenvalue weighted by molar-refractivity contribution is 5.93. The highest BCUT2D eigenvalue weighted by Crippen LogP contribution is 2.11. The Hall–Kier alpha value is -4.45. The second-order valence-corrected chi connectivity index (χ2v) is 9.81. The van der Waals surface area contributed by atoms with Gasteiger partial charge in [-0.2, -0.15) is 0 Å². The van der Waals surface area contributed by atoms with Gasteiger partial charge in [0.05, 0.1) is 19.1 Å². The van der Waals surface area contributed by atoms with Crippen molar-refractivity contribution in [1.82, 2.24) is 21.3 Å². The maximum Gasteiger partial charge on any atom is 0.326 e. The molecule has 0 aliphatic heterocycles. The molecule has 0 saturated heterocycles. The average Bonchev–Trinajstić information content (AvgIpc) is 2.91. The van der Waals surface area contributed by atoms with Crippen molar-refractivity contribution >= 4 is 29.6 Å². The van der Waals surface area contributed by atoms with Crippen LogP contribution in [0, 0.1) is 5.92 Å². The van der Waals surface area contributed by atoms with Gasteiger partial charge in [-0.3, -0.25) is 19.2 Å². The molecule has 0 saturated carbocycles. The molecule has 2 aromatic carbocycles. The normalized spacial score (nSPS) is 13.0. The molecule has 2 aromatic rings. The van der Waals surface area contributed by atoms with Gasteiger partial charge in [0, 0.05) is 6.42 Å². The summed E-state index contributed by atoms with van der Waals surface area (Å²) >= 11 is 0. The number of phenolic OH excluding ortho intramolecular Hbond substituents is 1. The number of carboxylic acids is 1. The molecule has 2 rings (SSSR count). The van der Waals surface area contributed by atoms with E-state index in [-0.39, 0.29) is 30.9 Å². The minimum atomic E-state index is -1.18. The lowest BCUT2D eigenvalue weighted by Gasteiger charge is -2.22. The number of carboxylic acid groups (broad SMARTS) is 1. The molecule has 8 N–H and O–H groups in total. The molecule has 0 spiro atoms. The number of carbonyl (C=O) groups is 5. The Morgan fingerprint density at radius 2 is 1.35 bits per heavy atom. The zero-order valence-corrected chi connectivity index (χ0v) is 22.6. The number of aliphatic carboxylic acids is 1. The highest BCUT2D eigenvalue weighted by Gasteiger charge is 2.27. The summed E-state index contributed by atoms with van der Waals surface area (Å²) in [7, 11) is 0. The van der Waals surface area contributed by atoms with Gasteiger partial charge in [-0.25, -0.2) is 4.79 Å². The summed E-state index contributed by atoms with van der Waals surface area (Å²) in [5.74, 6) is -3.62. The number of rotatable bonds is 15. The lowest BCUT2D eigenvalue weighted by atomic mass is 10.0. The Balaban J connectivity index is 1.88. The first-order valence-corrected chi connectivity index (χ1v) is 12.9. The second kappa shape index (κ2) is 15.8. The minimum absolute atomic E-state index is 0.0154. The molecule has 12 nitrogen and oxygen atoms in total. The van der Waals surface area contributed by atoms with Crippen molar-refractivity contribution in [3.05, 3.63) is 65.7 Å². The lowest BCUT2D eigenvalue weighted by molar-refractivity contribution is -0.142. The largest absolute Gasteiger partial charge is 0.508 e. The van der Waals surface area contributed by atoms with E-state index in [1.807, 2.05) is 13.8 Å². The Bertz CT molecular complexity index is 1160. The molecule has 0 bridgehead atoms. The molecule has 0 aliphatic carbocycles. The van der Waals surface area contributed by atoms with Crippen LogP contribution in [-0.4, -0.2) is 71.0 Å². The molecule has 0 heterocycles. The molecule has 0 aromatic heterocycles. The van der Waals surface area contributed by atoms with E-state index in [0.29, 0.717) is 0 Å². The fourth-order valence-corrected chi connectivity index (χ4v) is 3.79. The zero-order chi connectivity index (χ0) is 29.7. The van der Waals surface area contributed by atoms with Crippen molar-refractivity contribution in [3.63, 3.8) is 0 Å². The summed E-state index contributed by atoms with van der Waals surface area (Å²) in [6.07, 6.45) is 0.518. The smallest absolute Gasteiger partial charge is 0.326 e. The number of nitrogens with two attached hydrogens (primary N) is 1. The molecular formula is C28H37N5O7. The van der Waals surface area contributed by atoms with E-state index in [2.05, 4.69) is 21.3 Å². The summed E-state index contributed by atoms with van der Waals surface area (Å²) in [6, 6.07) is 12.0. The maximum atomic E-state index is 13.0. The Labute approximate surface area is 232 Å². The lowest BCUT2D eigenvalue weighted by Crippen LogP contribution is -2.54. The Kier molecular flexibility index (Phi) is 12.6. The predicted octanol–water partition coefficient (Wildman–Crippen LogP) is -0.163. The number of aromatic hydroxyl groups is 1. The standard InChI is InChI=1S/C28H37N5O7/c1-17(2)12-23(28(39)40)33-27(38)22(14-18-6-4-3-5-7-18)32-25(36)16-30-24(35)15-31-26(37)21(29)13-19-8-10-20(34)11-9-19/h3-11,17,21-23,34H,12-16,29H2,1-2H3,(H,30,35)(H,31,37)(H,32,36)(H,33,38)(H,39,40)/t21?,22-,23+/m1/s1. The first kappa shape index (κ1) is 31.8. The second-order valence-electron chi connectivity index (χ2n) is 9.81. The van der Waals surface area contributed by atoms with Gasteiger partial charge in [-0.05, 0) is 42.0 Å². The predicted molar refractivity (Wildman–Crippen MR) is 147 cm³/mol. The van der Waals surface area contributed by atoms with Gasteiger partial charge in [0.1, 0.15) is 17.8 Å². The molecule has 0 aliphatic rings. The highest BCUT2D eigenvalue weighted by atomic mass is 16.4. The molecule has 0 fully saturated rings. The van der Waals surface area contributed by atoms with Gasteiger partial charge in [0.25, 0.3) is 0 Å². The first-order valence-electron chi connectivity index (χ1n) is 12.9. The van der Waals surface area contributed by atoms with Gasteiger partial charge in [-0.1, -0.05) is 56.3 Å². The van der Waals surface area contributed by atoms with E-state index in [0.717, 1.165) is 11.1 Å². The van der Waals surface area contributed by atoms with E-state index < -0.39 is 60.8 Å². The summed E-state index contributed by atoms with van der Waals surface area (Å²) < 4.78 is 0. The number of benzene rings is 2. The van der Waals surface area contributed by atoms with Gasteiger partial charge >= 0.3 is 5.97 Å². The quantitative estimate of drug-likeness (QED) is 0.157. The van der Waals surface area contributed by atoms with Gasteiger partial charge in [0.15, 0.2) is 0 Å². The van der Waals surface area contributed by atoms with Gasteiger partial charge in [-0.15, -0.1) is 0 Å². The number of phenols is 1. The number of amides is 4. The molecule has 12 heteroatoms. The van der Waals surface area contributed by atoms with Crippen molar-refractivity contribution in [1.29, 1.82) is 0 Å². The number of nitrogens with one attached hydrogen (secondary N) is 4. The molecule has 3 atom stereocenters. The van der Waals surface area contributed by atoms with Crippen LogP contribution >= 0.6 is 0 Å². The fraction of sp³-hybridized carbons (Fsp3) is 0.393. The summed E-state index contributed by atoms with van der Waals surface area (Å²) in [5.41, 5.74) is 7.35. The van der Waals surface area contributed by atoms with E-state index >= 15 is 0 Å². The van der Waals surface area contributed by atoms with E-state index in [9.17, 15) is 34.2 Å². The topological polar surface area (TPSA) is 200 Å². The monoisotopic (exact) mass is 555 g/mol. The fourth-order valence-electron chi connectivity index (χ4n) is 3.79. The van der Waals surface area contributed by atoms with Crippen LogP contribution in [0.4, 0.5) is 0 Å². The van der Waals surface area contributed by atoms with Crippen LogP contribution in [0.2, 0.25) is 0 Å². The van der Waals surface area contributed by atoms with Gasteiger partial charge < -0.3 is 37.2 Å². The minimum Gasteiger partial charge on any atom is -0.508 e. The van der Waals surface area contributed by atoms with E-state index in [4.69, 9.17) is 5.73 Å². The summed E-state index contributed by atoms with van der Waals surface area (Å²) in [5, 5.41) is 28.6. The van der Waals surface area contributed by atoms with Crippen LogP contribution in [0.1, 0.15) is 31.4 Å². The number of hydrogen-bond donors (Lipinski definition) is 7. The van der Waals surface area contributed by atoms with Crippen molar-refractivity contribution in [2.45, 2.75) is 51.2 Å². The Morgan fingerprint density at radius 1 is 0.750 bits per heavy atom. The van der Waals surface area contributed by atoms with Crippen LogP contribution in [-0.2, 0) is 36.8 Å². The summed E-state index contributed by atoms with van der Waals surface area (Å²) in [4.78, 5) is 61.6. The SMILES string of the molecule is CC(C)C[C@H](NC(=O)[C@@H](Cc1ccccc1)NC(=O)CNC(=O)CNC(=O)C(N)Cc1ccc(O)cc1)C(=O)O. The van der Waals surface area contributed by atoms with Crippen LogP contribution in [0.3, 0.4) is 0 Å². The van der Waals surface area contributed by atoms with Crippen molar-refractivity contribution < 1.29 is 34.2 Å². The third-order valence-corrected chi connectivity index (χ3v) is 5.85. The van der Waals surface area contributed by atoms with Crippen molar-refractivity contribution in [2.75, 3.05) is 13.1 Å². The molecule has 0 radical (unpaired) electrons. The van der Waals surface area contributed by atoms with Crippen molar-refractivity contribution in [2.24, 2.45) is 11.7 Å². The molecular weight excluding hydrogens is 518 g/mol. The van der Waals surface area contributed by atoms with Crippen molar-refractivity contribution in [3.8, 4) is 5.75 Å². The van der Waals surface area contributed by atoms with E-state index in [1.54, 1.807) is 42.5 Å². The molecule has 40 heavy (non-hydrogen) atoms.